The summed E-state index contributed by atoms with van der Waals surface area (Å²) in [6.07, 6.45) is 0. The Hall–Kier alpha value is -6.91. The minimum absolute atomic E-state index is 0.598. The van der Waals surface area contributed by atoms with Gasteiger partial charge in [-0.25, -0.2) is 15.0 Å². The molecule has 0 atom stereocenters. The molecule has 0 N–H and O–H groups in total. The zero-order valence-electron chi connectivity index (χ0n) is 27.5. The molecule has 2 aromatic heterocycles. The van der Waals surface area contributed by atoms with E-state index in [1.807, 2.05) is 60.7 Å². The van der Waals surface area contributed by atoms with E-state index in [1.165, 1.54) is 10.8 Å². The van der Waals surface area contributed by atoms with E-state index in [0.29, 0.717) is 17.5 Å². The van der Waals surface area contributed by atoms with Crippen LogP contribution in [-0.2, 0) is 0 Å². The van der Waals surface area contributed by atoms with Crippen LogP contribution in [0.2, 0.25) is 0 Å². The van der Waals surface area contributed by atoms with Crippen LogP contribution in [0.25, 0.3) is 99.9 Å². The summed E-state index contributed by atoms with van der Waals surface area (Å²) < 4.78 is 7.01. The van der Waals surface area contributed by atoms with Crippen molar-refractivity contribution in [2.75, 3.05) is 0 Å². The van der Waals surface area contributed by atoms with Crippen LogP contribution in [0.1, 0.15) is 0 Å². The van der Waals surface area contributed by atoms with Gasteiger partial charge in [-0.3, -0.25) is 0 Å². The van der Waals surface area contributed by atoms with Crippen LogP contribution in [0.15, 0.2) is 180 Å². The van der Waals surface area contributed by atoms with E-state index in [1.54, 1.807) is 0 Å². The number of hydrogen-bond donors (Lipinski definition) is 0. The van der Waals surface area contributed by atoms with Crippen molar-refractivity contribution < 1.29 is 4.42 Å². The van der Waals surface area contributed by atoms with Crippen molar-refractivity contribution >= 4 is 43.5 Å². The van der Waals surface area contributed by atoms with Gasteiger partial charge in [-0.15, -0.1) is 0 Å². The number of furan rings is 1. The Morgan fingerprint density at radius 2 is 0.882 bits per heavy atom. The van der Waals surface area contributed by atoms with Crippen LogP contribution in [0.5, 0.6) is 0 Å². The van der Waals surface area contributed by atoms with Gasteiger partial charge in [0.05, 0.1) is 0 Å². The van der Waals surface area contributed by atoms with Gasteiger partial charge in [0, 0.05) is 33.0 Å². The van der Waals surface area contributed by atoms with Gasteiger partial charge < -0.3 is 4.42 Å². The summed E-state index contributed by atoms with van der Waals surface area (Å²) in [6, 6.07) is 61.0. The first kappa shape index (κ1) is 29.0. The predicted molar refractivity (Wildman–Crippen MR) is 209 cm³/mol. The highest BCUT2D eigenvalue weighted by atomic mass is 16.3. The van der Waals surface area contributed by atoms with E-state index in [-0.39, 0.29) is 0 Å². The Bertz CT molecular complexity index is 2840. The van der Waals surface area contributed by atoms with Crippen molar-refractivity contribution in [1.29, 1.82) is 0 Å². The number of aromatic nitrogens is 3. The summed E-state index contributed by atoms with van der Waals surface area (Å²) in [6.45, 7) is 0. The molecule has 0 saturated carbocycles. The second kappa shape index (κ2) is 11.9. The highest BCUT2D eigenvalue weighted by Gasteiger charge is 2.22. The van der Waals surface area contributed by atoms with Gasteiger partial charge in [-0.2, -0.15) is 0 Å². The molecule has 0 aliphatic rings. The molecule has 0 bridgehead atoms. The number of hydrogen-bond acceptors (Lipinski definition) is 4. The molecule has 10 rings (SSSR count). The summed E-state index contributed by atoms with van der Waals surface area (Å²) >= 11 is 0. The highest BCUT2D eigenvalue weighted by Crippen LogP contribution is 2.45. The minimum atomic E-state index is 0.598. The molecule has 0 aliphatic carbocycles. The largest absolute Gasteiger partial charge is 0.455 e. The van der Waals surface area contributed by atoms with Crippen LogP contribution in [0.4, 0.5) is 0 Å². The Morgan fingerprint density at radius 1 is 0.333 bits per heavy atom. The predicted octanol–water partition coefficient (Wildman–Crippen LogP) is 12.4. The van der Waals surface area contributed by atoms with E-state index in [0.717, 1.165) is 71.7 Å². The fourth-order valence-electron chi connectivity index (χ4n) is 7.31. The fourth-order valence-corrected chi connectivity index (χ4v) is 7.31. The SMILES string of the molecule is c1ccc(-c2cc(-c3cccc4ccccc34)c3oc4cc(-c5nc(-c6ccccc6)nc(-c6ccccc6)n5)c5ccccc5c4c3c2)cc1. The van der Waals surface area contributed by atoms with Gasteiger partial charge in [0.2, 0.25) is 0 Å². The molecule has 0 radical (unpaired) electrons. The first-order valence-electron chi connectivity index (χ1n) is 17.1. The quantitative estimate of drug-likeness (QED) is 0.186. The van der Waals surface area contributed by atoms with Gasteiger partial charge in [0.25, 0.3) is 0 Å². The zero-order chi connectivity index (χ0) is 33.7. The number of nitrogens with zero attached hydrogens (tertiary/aromatic N) is 3. The van der Waals surface area contributed by atoms with Crippen molar-refractivity contribution in [3.05, 3.63) is 176 Å². The maximum atomic E-state index is 7.01. The van der Waals surface area contributed by atoms with E-state index < -0.39 is 0 Å². The molecule has 238 valence electrons. The number of benzene rings is 8. The Kier molecular flexibility index (Phi) is 6.78. The first-order valence-corrected chi connectivity index (χ1v) is 17.1. The highest BCUT2D eigenvalue weighted by molar-refractivity contribution is 6.24. The van der Waals surface area contributed by atoms with Crippen molar-refractivity contribution in [2.24, 2.45) is 0 Å². The molecule has 0 aliphatic heterocycles. The summed E-state index contributed by atoms with van der Waals surface area (Å²) in [5.41, 5.74) is 8.88. The molecule has 0 spiro atoms. The van der Waals surface area contributed by atoms with E-state index in [9.17, 15) is 0 Å². The maximum Gasteiger partial charge on any atom is 0.164 e. The molecule has 0 fully saturated rings. The molecule has 0 unspecified atom stereocenters. The maximum absolute atomic E-state index is 7.01. The van der Waals surface area contributed by atoms with E-state index in [4.69, 9.17) is 19.4 Å². The molecule has 51 heavy (non-hydrogen) atoms. The topological polar surface area (TPSA) is 51.8 Å². The standard InChI is InChI=1S/C47H29N3O/c1-4-15-30(16-5-1)34-27-39(36-26-14-22-31-17-10-11-23-35(31)36)44-41(28-34)43-38-25-13-12-24-37(38)40(29-42(43)51-44)47-49-45(32-18-6-2-7-19-32)48-46(50-47)33-20-8-3-9-21-33/h1-29H. The van der Waals surface area contributed by atoms with Crippen LogP contribution in [0, 0.1) is 0 Å². The van der Waals surface area contributed by atoms with Crippen molar-refractivity contribution in [1.82, 2.24) is 15.0 Å². The monoisotopic (exact) mass is 651 g/mol. The lowest BCUT2D eigenvalue weighted by Crippen LogP contribution is -2.00. The van der Waals surface area contributed by atoms with Gasteiger partial charge in [-0.05, 0) is 56.4 Å². The Labute approximate surface area is 294 Å². The number of fused-ring (bicyclic) bond motifs is 6. The Morgan fingerprint density at radius 3 is 1.57 bits per heavy atom. The van der Waals surface area contributed by atoms with E-state index >= 15 is 0 Å². The lowest BCUT2D eigenvalue weighted by molar-refractivity contribution is 0.670. The van der Waals surface area contributed by atoms with Gasteiger partial charge >= 0.3 is 0 Å². The van der Waals surface area contributed by atoms with Crippen molar-refractivity contribution in [3.63, 3.8) is 0 Å². The van der Waals surface area contributed by atoms with Crippen LogP contribution < -0.4 is 0 Å². The summed E-state index contributed by atoms with van der Waals surface area (Å²) in [4.78, 5) is 15.1. The molecule has 2 heterocycles. The van der Waals surface area contributed by atoms with Gasteiger partial charge in [0.15, 0.2) is 17.5 Å². The third-order valence-electron chi connectivity index (χ3n) is 9.71. The molecule has 10 aromatic rings. The molecular weight excluding hydrogens is 623 g/mol. The second-order valence-electron chi connectivity index (χ2n) is 12.8. The smallest absolute Gasteiger partial charge is 0.164 e. The van der Waals surface area contributed by atoms with Gasteiger partial charge in [-0.1, -0.05) is 158 Å². The lowest BCUT2D eigenvalue weighted by Gasteiger charge is -2.11. The number of rotatable bonds is 5. The molecular formula is C47H29N3O. The van der Waals surface area contributed by atoms with Crippen LogP contribution in [0.3, 0.4) is 0 Å². The molecule has 0 saturated heterocycles. The van der Waals surface area contributed by atoms with Gasteiger partial charge in [0.1, 0.15) is 11.2 Å². The summed E-state index contributed by atoms with van der Waals surface area (Å²) in [5.74, 6) is 1.85. The molecule has 0 amide bonds. The van der Waals surface area contributed by atoms with Crippen molar-refractivity contribution in [2.45, 2.75) is 0 Å². The normalized spacial score (nSPS) is 11.5. The fraction of sp³-hybridized carbons (Fsp3) is 0. The average molecular weight is 652 g/mol. The third-order valence-corrected chi connectivity index (χ3v) is 9.71. The lowest BCUT2D eigenvalue weighted by atomic mass is 9.92. The summed E-state index contributed by atoms with van der Waals surface area (Å²) in [7, 11) is 0. The molecule has 4 heteroatoms. The average Bonchev–Trinajstić information content (AvgIpc) is 3.60. The zero-order valence-corrected chi connectivity index (χ0v) is 27.5. The van der Waals surface area contributed by atoms with E-state index in [2.05, 4.69) is 115 Å². The third kappa shape index (κ3) is 4.96. The summed E-state index contributed by atoms with van der Waals surface area (Å²) in [5, 5.41) is 6.65. The first-order chi connectivity index (χ1) is 25.3. The second-order valence-corrected chi connectivity index (χ2v) is 12.8. The minimum Gasteiger partial charge on any atom is -0.455 e. The van der Waals surface area contributed by atoms with Crippen LogP contribution >= 0.6 is 0 Å². The molecule has 4 nitrogen and oxygen atoms in total. The molecule has 8 aromatic carbocycles. The Balaban J connectivity index is 1.29. The van der Waals surface area contributed by atoms with Crippen LogP contribution in [-0.4, -0.2) is 15.0 Å². The van der Waals surface area contributed by atoms with Crippen molar-refractivity contribution in [3.8, 4) is 56.4 Å².